The lowest BCUT2D eigenvalue weighted by Crippen LogP contribution is -2.43. The van der Waals surface area contributed by atoms with Crippen LogP contribution in [0, 0.1) is 0 Å². The molecule has 0 spiro atoms. The summed E-state index contributed by atoms with van der Waals surface area (Å²) < 4.78 is 6.04. The number of nitrogens with one attached hydrogen (secondary N) is 1. The highest BCUT2D eigenvalue weighted by Crippen LogP contribution is 2.30. The van der Waals surface area contributed by atoms with Crippen LogP contribution in [0.1, 0.15) is 28.6 Å². The van der Waals surface area contributed by atoms with Crippen LogP contribution in [0.3, 0.4) is 0 Å². The van der Waals surface area contributed by atoms with Gasteiger partial charge in [0.15, 0.2) is 0 Å². The molecule has 2 aromatic rings. The fourth-order valence-electron chi connectivity index (χ4n) is 3.53. The number of ether oxygens (including phenoxy) is 1. The van der Waals surface area contributed by atoms with E-state index in [1.54, 1.807) is 6.20 Å². The van der Waals surface area contributed by atoms with Crippen LogP contribution in [-0.4, -0.2) is 52.6 Å². The lowest BCUT2D eigenvalue weighted by atomic mass is 10.1. The van der Waals surface area contributed by atoms with E-state index < -0.39 is 0 Å². The average molecular weight is 359 g/mol. The van der Waals surface area contributed by atoms with Gasteiger partial charge in [-0.15, -0.1) is 0 Å². The molecule has 1 N–H and O–H groups in total. The maximum atomic E-state index is 12.2. The molecular weight excluding hydrogens is 340 g/mol. The summed E-state index contributed by atoms with van der Waals surface area (Å²) in [7, 11) is 0. The van der Waals surface area contributed by atoms with E-state index in [-0.39, 0.29) is 18.1 Å². The molecule has 2 fully saturated rings. The van der Waals surface area contributed by atoms with Crippen LogP contribution in [0.4, 0.5) is 0 Å². The Bertz CT molecular complexity index is 741. The lowest BCUT2D eigenvalue weighted by Gasteiger charge is -2.35. The molecular formula is C18H19ClN4O2. The average Bonchev–Trinajstić information content (AvgIpc) is 3.04. The van der Waals surface area contributed by atoms with Gasteiger partial charge in [-0.2, -0.15) is 0 Å². The summed E-state index contributed by atoms with van der Waals surface area (Å²) in [4.78, 5) is 22.6. The molecule has 2 aliphatic heterocycles. The number of amides is 1. The van der Waals surface area contributed by atoms with Crippen LogP contribution in [0.25, 0.3) is 0 Å². The first-order valence-corrected chi connectivity index (χ1v) is 8.75. The van der Waals surface area contributed by atoms with E-state index in [2.05, 4.69) is 20.2 Å². The van der Waals surface area contributed by atoms with Crippen LogP contribution in [0.2, 0.25) is 5.02 Å². The van der Waals surface area contributed by atoms with Crippen molar-refractivity contribution >= 4 is 17.5 Å². The van der Waals surface area contributed by atoms with E-state index in [1.807, 2.05) is 24.3 Å². The second-order valence-corrected chi connectivity index (χ2v) is 6.91. The number of carbonyl (C=O) groups is 1. The van der Waals surface area contributed by atoms with Crippen LogP contribution in [0.15, 0.2) is 42.9 Å². The van der Waals surface area contributed by atoms with Crippen LogP contribution >= 0.6 is 11.6 Å². The Hall–Kier alpha value is -2.02. The van der Waals surface area contributed by atoms with Crippen molar-refractivity contribution in [1.29, 1.82) is 0 Å². The number of aromatic nitrogens is 2. The molecule has 1 amide bonds. The molecule has 4 rings (SSSR count). The summed E-state index contributed by atoms with van der Waals surface area (Å²) in [6.07, 6.45) is 5.50. The Morgan fingerprint density at radius 2 is 2.08 bits per heavy atom. The number of hydrogen-bond acceptors (Lipinski definition) is 5. The first-order chi connectivity index (χ1) is 12.2. The highest BCUT2D eigenvalue weighted by Gasteiger charge is 2.38. The molecule has 1 aromatic carbocycles. The summed E-state index contributed by atoms with van der Waals surface area (Å²) in [6.45, 7) is 2.32. The topological polar surface area (TPSA) is 67.3 Å². The number of halogens is 1. The second-order valence-electron chi connectivity index (χ2n) is 6.48. The molecule has 7 heteroatoms. The van der Waals surface area contributed by atoms with Crippen molar-refractivity contribution in [2.45, 2.75) is 24.6 Å². The van der Waals surface area contributed by atoms with Gasteiger partial charge in [0.25, 0.3) is 5.91 Å². The van der Waals surface area contributed by atoms with E-state index in [0.29, 0.717) is 18.3 Å². The smallest absolute Gasteiger partial charge is 0.271 e. The Kier molecular flexibility index (Phi) is 4.65. The Labute approximate surface area is 151 Å². The van der Waals surface area contributed by atoms with Crippen LogP contribution in [0.5, 0.6) is 0 Å². The van der Waals surface area contributed by atoms with Gasteiger partial charge in [-0.05, 0) is 24.1 Å². The van der Waals surface area contributed by atoms with Gasteiger partial charge in [-0.25, -0.2) is 4.98 Å². The molecule has 0 saturated carbocycles. The Morgan fingerprint density at radius 1 is 1.24 bits per heavy atom. The van der Waals surface area contributed by atoms with Gasteiger partial charge >= 0.3 is 0 Å². The zero-order chi connectivity index (χ0) is 17.2. The van der Waals surface area contributed by atoms with Gasteiger partial charge in [0, 0.05) is 42.6 Å². The summed E-state index contributed by atoms with van der Waals surface area (Å²) in [5.74, 6) is -0.173. The van der Waals surface area contributed by atoms with Crippen molar-refractivity contribution in [2.75, 3.05) is 19.7 Å². The predicted octanol–water partition coefficient (Wildman–Crippen LogP) is 2.07. The van der Waals surface area contributed by atoms with Crippen molar-refractivity contribution in [3.05, 3.63) is 59.1 Å². The van der Waals surface area contributed by atoms with Gasteiger partial charge in [0.05, 0.1) is 18.9 Å². The Balaban J connectivity index is 1.37. The number of fused-ring (bicyclic) bond motifs is 1. The molecule has 3 atom stereocenters. The molecule has 6 nitrogen and oxygen atoms in total. The minimum Gasteiger partial charge on any atom is -0.371 e. The van der Waals surface area contributed by atoms with E-state index >= 15 is 0 Å². The normalized spacial score (nSPS) is 26.2. The third-order valence-corrected chi connectivity index (χ3v) is 5.04. The molecule has 2 saturated heterocycles. The van der Waals surface area contributed by atoms with Crippen molar-refractivity contribution < 1.29 is 9.53 Å². The largest absolute Gasteiger partial charge is 0.371 e. The minimum absolute atomic E-state index is 0.0444. The number of nitrogens with zero attached hydrogens (tertiary/aromatic N) is 3. The lowest BCUT2D eigenvalue weighted by molar-refractivity contribution is -0.0502. The molecule has 0 radical (unpaired) electrons. The summed E-state index contributed by atoms with van der Waals surface area (Å²) >= 11 is 5.96. The van der Waals surface area contributed by atoms with Gasteiger partial charge < -0.3 is 10.1 Å². The maximum Gasteiger partial charge on any atom is 0.271 e. The molecule has 130 valence electrons. The number of benzene rings is 1. The summed E-state index contributed by atoms with van der Waals surface area (Å²) in [5.41, 5.74) is 1.48. The minimum atomic E-state index is -0.173. The zero-order valence-corrected chi connectivity index (χ0v) is 14.4. The zero-order valence-electron chi connectivity index (χ0n) is 13.6. The first-order valence-electron chi connectivity index (χ1n) is 8.37. The van der Waals surface area contributed by atoms with Gasteiger partial charge in [-0.3, -0.25) is 14.7 Å². The standard InChI is InChI=1S/C18H19ClN4O2/c19-13-3-1-12(2-4-13)17-10-23-9-14(7-15(23)11-25-17)22-18(24)16-8-20-5-6-21-16/h1-6,8,14-15,17H,7,9-11H2,(H,22,24)/t14-,15+,17-/m1/s1. The van der Waals surface area contributed by atoms with Crippen molar-refractivity contribution in [1.82, 2.24) is 20.2 Å². The third-order valence-electron chi connectivity index (χ3n) is 4.79. The molecule has 1 aromatic heterocycles. The second kappa shape index (κ2) is 7.07. The van der Waals surface area contributed by atoms with Gasteiger partial charge in [0.1, 0.15) is 5.69 Å². The first kappa shape index (κ1) is 16.4. The number of morpholine rings is 1. The van der Waals surface area contributed by atoms with Gasteiger partial charge in [-0.1, -0.05) is 23.7 Å². The van der Waals surface area contributed by atoms with Crippen molar-refractivity contribution in [3.8, 4) is 0 Å². The van der Waals surface area contributed by atoms with Crippen LogP contribution in [-0.2, 0) is 4.74 Å². The van der Waals surface area contributed by atoms with Crippen molar-refractivity contribution in [3.63, 3.8) is 0 Å². The summed E-state index contributed by atoms with van der Waals surface area (Å²) in [5, 5.41) is 3.78. The van der Waals surface area contributed by atoms with E-state index in [9.17, 15) is 4.79 Å². The fraction of sp³-hybridized carbons (Fsp3) is 0.389. The molecule has 2 aliphatic rings. The summed E-state index contributed by atoms with van der Waals surface area (Å²) in [6, 6.07) is 8.25. The van der Waals surface area contributed by atoms with E-state index in [4.69, 9.17) is 16.3 Å². The van der Waals surface area contributed by atoms with Crippen LogP contribution < -0.4 is 5.32 Å². The SMILES string of the molecule is O=C(N[C@@H]1C[C@H]2CO[C@@H](c3ccc(Cl)cc3)CN2C1)c1cnccn1. The predicted molar refractivity (Wildman–Crippen MR) is 93.4 cm³/mol. The monoisotopic (exact) mass is 358 g/mol. The number of hydrogen-bond donors (Lipinski definition) is 1. The fourth-order valence-corrected chi connectivity index (χ4v) is 3.66. The molecule has 0 unspecified atom stereocenters. The third kappa shape index (κ3) is 3.66. The van der Waals surface area contributed by atoms with E-state index in [0.717, 1.165) is 30.1 Å². The molecule has 0 aliphatic carbocycles. The highest BCUT2D eigenvalue weighted by atomic mass is 35.5. The molecule has 0 bridgehead atoms. The van der Waals surface area contributed by atoms with E-state index in [1.165, 1.54) is 12.4 Å². The highest BCUT2D eigenvalue weighted by molar-refractivity contribution is 6.30. The van der Waals surface area contributed by atoms with Gasteiger partial charge in [0.2, 0.25) is 0 Å². The van der Waals surface area contributed by atoms with Crippen molar-refractivity contribution in [2.24, 2.45) is 0 Å². The quantitative estimate of drug-likeness (QED) is 0.909. The number of carbonyl (C=O) groups excluding carboxylic acids is 1. The molecule has 25 heavy (non-hydrogen) atoms. The number of rotatable bonds is 3. The Morgan fingerprint density at radius 3 is 2.84 bits per heavy atom. The maximum absolute atomic E-state index is 12.2. The molecule has 3 heterocycles.